The lowest BCUT2D eigenvalue weighted by atomic mass is 9.74. The van der Waals surface area contributed by atoms with Crippen LogP contribution in [0.15, 0.2) is 47.7 Å². The Labute approximate surface area is 291 Å². The van der Waals surface area contributed by atoms with Gasteiger partial charge in [0.1, 0.15) is 35.0 Å². The van der Waals surface area contributed by atoms with Crippen LogP contribution in [0.5, 0.6) is 0 Å². The van der Waals surface area contributed by atoms with Crippen LogP contribution in [-0.4, -0.2) is 98.5 Å². The van der Waals surface area contributed by atoms with Crippen LogP contribution < -0.4 is 10.6 Å². The van der Waals surface area contributed by atoms with Crippen molar-refractivity contribution in [3.05, 3.63) is 65.2 Å². The zero-order valence-corrected chi connectivity index (χ0v) is 28.8. The summed E-state index contributed by atoms with van der Waals surface area (Å²) in [6.45, 7) is 5.53. The van der Waals surface area contributed by atoms with Crippen molar-refractivity contribution in [2.24, 2.45) is 10.5 Å². The van der Waals surface area contributed by atoms with Gasteiger partial charge in [-0.2, -0.15) is 18.3 Å². The van der Waals surface area contributed by atoms with Gasteiger partial charge in [0.2, 0.25) is 11.8 Å². The average molecular weight is 721 g/mol. The normalized spacial score (nSPS) is 18.5. The highest BCUT2D eigenvalue weighted by molar-refractivity contribution is 6.14. The van der Waals surface area contributed by atoms with Gasteiger partial charge < -0.3 is 25.4 Å². The fraction of sp³-hybridized carbons (Fsp3) is 0.500. The molecule has 3 N–H and O–H groups in total. The molecule has 1 saturated heterocycles. The van der Waals surface area contributed by atoms with Crippen molar-refractivity contribution >= 4 is 35.5 Å². The molecule has 1 fully saturated rings. The highest BCUT2D eigenvalue weighted by Gasteiger charge is 2.56. The molecule has 4 amide bonds. The first kappa shape index (κ1) is 38.7. The van der Waals surface area contributed by atoms with E-state index in [-0.39, 0.29) is 49.1 Å². The Morgan fingerprint density at radius 2 is 1.78 bits per heavy atom. The number of ether oxygens (including phenoxy) is 1. The number of alkyl carbamates (subject to hydrolysis) is 1. The topological polar surface area (TPSA) is 171 Å². The molecule has 0 spiro atoms. The molecule has 0 saturated carbocycles. The van der Waals surface area contributed by atoms with Crippen molar-refractivity contribution in [3.63, 3.8) is 0 Å². The lowest BCUT2D eigenvalue weighted by molar-refractivity contribution is -0.164. The lowest BCUT2D eigenvalue weighted by Gasteiger charge is -2.41. The van der Waals surface area contributed by atoms with Crippen molar-refractivity contribution in [3.8, 4) is 0 Å². The maximum atomic E-state index is 14.3. The second-order valence-corrected chi connectivity index (χ2v) is 14.0. The summed E-state index contributed by atoms with van der Waals surface area (Å²) in [6.07, 6.45) is -4.77. The fourth-order valence-electron chi connectivity index (χ4n) is 5.96. The SMILES string of the molecule is CC(C)(C)OC(=O)NC(C)(C)C(=O)NC(CCc1ccc(F)cc1C(=O)O)C(=O)N1CCC2=NN(CC(F)(F)F)C(=O)C2(Cc2ccccn2)C1. The number of hydrogen-bond acceptors (Lipinski definition) is 8. The first-order chi connectivity index (χ1) is 23.6. The second-order valence-electron chi connectivity index (χ2n) is 14.0. The van der Waals surface area contributed by atoms with Crippen molar-refractivity contribution < 1.29 is 51.4 Å². The van der Waals surface area contributed by atoms with Crippen molar-refractivity contribution in [1.82, 2.24) is 25.5 Å². The van der Waals surface area contributed by atoms with E-state index in [0.29, 0.717) is 10.7 Å². The Hall–Kier alpha value is -5.09. The zero-order valence-electron chi connectivity index (χ0n) is 28.8. The Kier molecular flexibility index (Phi) is 11.1. The second kappa shape index (κ2) is 14.6. The molecule has 1 aromatic heterocycles. The number of nitrogens with one attached hydrogen (secondary N) is 2. The predicted octanol–water partition coefficient (Wildman–Crippen LogP) is 3.86. The molecular formula is C34H40F4N6O7. The Morgan fingerprint density at radius 1 is 1.08 bits per heavy atom. The third kappa shape index (κ3) is 9.58. The number of piperidine rings is 1. The van der Waals surface area contributed by atoms with Gasteiger partial charge in [0.15, 0.2) is 0 Å². The van der Waals surface area contributed by atoms with Crippen LogP contribution in [0.2, 0.25) is 0 Å². The summed E-state index contributed by atoms with van der Waals surface area (Å²) in [7, 11) is 0. The lowest BCUT2D eigenvalue weighted by Crippen LogP contribution is -2.62. The zero-order chi connectivity index (χ0) is 37.9. The van der Waals surface area contributed by atoms with E-state index >= 15 is 0 Å². The van der Waals surface area contributed by atoms with Crippen molar-refractivity contribution in [1.29, 1.82) is 0 Å². The van der Waals surface area contributed by atoms with E-state index < -0.39 is 77.5 Å². The molecule has 4 rings (SSSR count). The third-order valence-electron chi connectivity index (χ3n) is 8.36. The number of nitrogens with zero attached hydrogens (tertiary/aromatic N) is 4. The van der Waals surface area contributed by atoms with Gasteiger partial charge in [-0.1, -0.05) is 12.1 Å². The van der Waals surface area contributed by atoms with Crippen molar-refractivity contribution in [2.45, 2.75) is 83.7 Å². The molecule has 0 bridgehead atoms. The summed E-state index contributed by atoms with van der Waals surface area (Å²) < 4.78 is 59.5. The number of rotatable bonds is 11. The number of hydrazone groups is 1. The van der Waals surface area contributed by atoms with Gasteiger partial charge in [0, 0.05) is 37.8 Å². The van der Waals surface area contributed by atoms with Crippen LogP contribution in [-0.2, 0) is 32.0 Å². The standard InChI is InChI=1S/C34H40F4N6O7/c1-31(2,3)51-30(50)41-32(4,5)28(48)40-24(12-10-20-9-11-21(35)16-23(20)27(46)47)26(45)43-15-13-25-33(18-43,17-22-8-6-7-14-39-22)29(49)44(42-25)19-34(36,37)38/h6-9,11,14,16,24H,10,12-13,15,17-19H2,1-5H3,(H,40,48)(H,41,50)(H,46,47). The number of carbonyl (C=O) groups is 5. The van der Waals surface area contributed by atoms with Crippen molar-refractivity contribution in [2.75, 3.05) is 19.6 Å². The number of aromatic carboxylic acids is 1. The number of carboxylic acid groups (broad SMARTS) is 1. The van der Waals surface area contributed by atoms with E-state index in [9.17, 15) is 46.6 Å². The largest absolute Gasteiger partial charge is 0.478 e. The molecule has 3 heterocycles. The Morgan fingerprint density at radius 3 is 2.39 bits per heavy atom. The van der Waals surface area contributed by atoms with Gasteiger partial charge in [-0.05, 0) is 77.3 Å². The van der Waals surface area contributed by atoms with Crippen LogP contribution in [0, 0.1) is 11.2 Å². The Bertz CT molecular complexity index is 1710. The van der Waals surface area contributed by atoms with Crippen LogP contribution in [0.3, 0.4) is 0 Å². The van der Waals surface area contributed by atoms with E-state index in [4.69, 9.17) is 4.74 Å². The van der Waals surface area contributed by atoms with Gasteiger partial charge in [0.05, 0.1) is 11.3 Å². The molecule has 2 aliphatic heterocycles. The number of halogens is 4. The molecule has 0 radical (unpaired) electrons. The number of pyridine rings is 1. The average Bonchev–Trinajstić information content (AvgIpc) is 3.26. The monoisotopic (exact) mass is 720 g/mol. The van der Waals surface area contributed by atoms with Gasteiger partial charge in [0.25, 0.3) is 5.91 Å². The molecule has 1 aromatic carbocycles. The van der Waals surface area contributed by atoms with Crippen LogP contribution in [0.25, 0.3) is 0 Å². The summed E-state index contributed by atoms with van der Waals surface area (Å²) in [4.78, 5) is 71.6. The van der Waals surface area contributed by atoms with Crippen LogP contribution in [0.4, 0.5) is 22.4 Å². The number of benzene rings is 1. The molecule has 13 nitrogen and oxygen atoms in total. The van der Waals surface area contributed by atoms with Gasteiger partial charge in [-0.3, -0.25) is 19.4 Å². The maximum Gasteiger partial charge on any atom is 0.408 e. The minimum Gasteiger partial charge on any atom is -0.478 e. The molecule has 51 heavy (non-hydrogen) atoms. The van der Waals surface area contributed by atoms with E-state index in [1.165, 1.54) is 31.0 Å². The smallest absolute Gasteiger partial charge is 0.408 e. The van der Waals surface area contributed by atoms with Gasteiger partial charge in [-0.15, -0.1) is 0 Å². The summed E-state index contributed by atoms with van der Waals surface area (Å²) in [5.74, 6) is -4.71. The predicted molar refractivity (Wildman–Crippen MR) is 174 cm³/mol. The molecule has 17 heteroatoms. The summed E-state index contributed by atoms with van der Waals surface area (Å²) in [6, 6.07) is 6.60. The maximum absolute atomic E-state index is 14.3. The summed E-state index contributed by atoms with van der Waals surface area (Å²) >= 11 is 0. The van der Waals surface area contributed by atoms with Gasteiger partial charge >= 0.3 is 18.2 Å². The van der Waals surface area contributed by atoms with E-state index in [0.717, 1.165) is 12.1 Å². The minimum atomic E-state index is -4.75. The molecule has 2 aliphatic rings. The summed E-state index contributed by atoms with van der Waals surface area (Å²) in [5, 5.41) is 19.1. The number of aromatic nitrogens is 1. The number of alkyl halides is 3. The van der Waals surface area contributed by atoms with E-state index in [1.807, 2.05) is 0 Å². The summed E-state index contributed by atoms with van der Waals surface area (Å²) in [5.41, 5.74) is -3.87. The number of carboxylic acids is 1. The van der Waals surface area contributed by atoms with Crippen LogP contribution >= 0.6 is 0 Å². The number of amides is 4. The van der Waals surface area contributed by atoms with E-state index in [1.54, 1.807) is 39.0 Å². The molecule has 2 unspecified atom stereocenters. The quantitative estimate of drug-likeness (QED) is 0.294. The molecule has 2 atom stereocenters. The molecule has 276 valence electrons. The Balaban J connectivity index is 1.66. The number of carbonyl (C=O) groups excluding carboxylic acids is 4. The molecule has 2 aromatic rings. The first-order valence-corrected chi connectivity index (χ1v) is 16.1. The number of hydrogen-bond donors (Lipinski definition) is 3. The fourth-order valence-corrected chi connectivity index (χ4v) is 5.96. The molecular weight excluding hydrogens is 680 g/mol. The molecule has 0 aliphatic carbocycles. The third-order valence-corrected chi connectivity index (χ3v) is 8.36. The highest BCUT2D eigenvalue weighted by Crippen LogP contribution is 2.39. The first-order valence-electron chi connectivity index (χ1n) is 16.1. The van der Waals surface area contributed by atoms with Crippen LogP contribution in [0.1, 0.15) is 69.1 Å². The number of likely N-dealkylation sites (tertiary alicyclic amines) is 1. The van der Waals surface area contributed by atoms with Gasteiger partial charge in [-0.25, -0.2) is 19.0 Å². The number of aryl methyl sites for hydroxylation is 1. The number of fused-ring (bicyclic) bond motifs is 1. The highest BCUT2D eigenvalue weighted by atomic mass is 19.4. The minimum absolute atomic E-state index is 0.0633. The van der Waals surface area contributed by atoms with E-state index in [2.05, 4.69) is 20.7 Å².